The van der Waals surface area contributed by atoms with Crippen LogP contribution in [-0.2, 0) is 14.9 Å². The van der Waals surface area contributed by atoms with Crippen molar-refractivity contribution >= 4 is 38.2 Å². The van der Waals surface area contributed by atoms with Gasteiger partial charge in [0.1, 0.15) is 4.90 Å². The van der Waals surface area contributed by atoms with Crippen molar-refractivity contribution in [3.8, 4) is 0 Å². The summed E-state index contributed by atoms with van der Waals surface area (Å²) in [4.78, 5) is 10.8. The number of anilines is 2. The van der Waals surface area contributed by atoms with Crippen LogP contribution < -0.4 is 11.1 Å². The SMILES string of the molecule is CC(=O)Nc1ccc2c(S(=O)(=O)O)ccc(N)c2c1. The van der Waals surface area contributed by atoms with Crippen LogP contribution in [0, 0.1) is 0 Å². The Morgan fingerprint density at radius 2 is 1.89 bits per heavy atom. The molecule has 0 heterocycles. The summed E-state index contributed by atoms with van der Waals surface area (Å²) in [7, 11) is -4.32. The first-order valence-electron chi connectivity index (χ1n) is 5.36. The van der Waals surface area contributed by atoms with Gasteiger partial charge in [0.05, 0.1) is 0 Å². The van der Waals surface area contributed by atoms with Gasteiger partial charge in [-0.3, -0.25) is 9.35 Å². The molecule has 7 heteroatoms. The van der Waals surface area contributed by atoms with E-state index in [-0.39, 0.29) is 10.8 Å². The number of rotatable bonds is 2. The zero-order valence-corrected chi connectivity index (χ0v) is 10.9. The van der Waals surface area contributed by atoms with Crippen molar-refractivity contribution in [3.63, 3.8) is 0 Å². The van der Waals surface area contributed by atoms with Crippen LogP contribution in [0.2, 0.25) is 0 Å². The minimum Gasteiger partial charge on any atom is -0.398 e. The van der Waals surface area contributed by atoms with E-state index in [0.29, 0.717) is 22.1 Å². The van der Waals surface area contributed by atoms with Crippen LogP contribution in [0.5, 0.6) is 0 Å². The summed E-state index contributed by atoms with van der Waals surface area (Å²) >= 11 is 0. The van der Waals surface area contributed by atoms with Crippen LogP contribution in [0.3, 0.4) is 0 Å². The van der Waals surface area contributed by atoms with Crippen molar-refractivity contribution in [2.45, 2.75) is 11.8 Å². The molecular formula is C12H12N2O4S. The van der Waals surface area contributed by atoms with Gasteiger partial charge in [-0.25, -0.2) is 0 Å². The molecule has 0 aliphatic carbocycles. The fraction of sp³-hybridized carbons (Fsp3) is 0.0833. The van der Waals surface area contributed by atoms with Crippen molar-refractivity contribution in [2.75, 3.05) is 11.1 Å². The highest BCUT2D eigenvalue weighted by atomic mass is 32.2. The lowest BCUT2D eigenvalue weighted by Gasteiger charge is -2.09. The van der Waals surface area contributed by atoms with Gasteiger partial charge in [-0.05, 0) is 24.3 Å². The Hall–Kier alpha value is -2.12. The smallest absolute Gasteiger partial charge is 0.295 e. The average Bonchev–Trinajstić information content (AvgIpc) is 2.27. The molecule has 4 N–H and O–H groups in total. The zero-order valence-electron chi connectivity index (χ0n) is 10.0. The first-order valence-corrected chi connectivity index (χ1v) is 6.80. The normalized spacial score (nSPS) is 11.5. The van der Waals surface area contributed by atoms with Gasteiger partial charge in [0, 0.05) is 29.1 Å². The van der Waals surface area contributed by atoms with Gasteiger partial charge in [0.2, 0.25) is 5.91 Å². The highest BCUT2D eigenvalue weighted by Gasteiger charge is 2.15. The van der Waals surface area contributed by atoms with E-state index in [1.165, 1.54) is 31.2 Å². The van der Waals surface area contributed by atoms with E-state index in [1.807, 2.05) is 0 Å². The molecule has 0 aliphatic rings. The van der Waals surface area contributed by atoms with Gasteiger partial charge >= 0.3 is 0 Å². The molecule has 100 valence electrons. The molecule has 19 heavy (non-hydrogen) atoms. The van der Waals surface area contributed by atoms with Crippen LogP contribution in [-0.4, -0.2) is 18.9 Å². The number of hydrogen-bond acceptors (Lipinski definition) is 4. The first kappa shape index (κ1) is 13.3. The van der Waals surface area contributed by atoms with Crippen LogP contribution in [0.15, 0.2) is 35.2 Å². The molecule has 0 aromatic heterocycles. The largest absolute Gasteiger partial charge is 0.398 e. The number of nitrogens with two attached hydrogens (primary N) is 1. The molecule has 1 amide bonds. The Labute approximate surface area is 110 Å². The Morgan fingerprint density at radius 1 is 1.21 bits per heavy atom. The predicted octanol–water partition coefficient (Wildman–Crippen LogP) is 1.63. The molecule has 0 bridgehead atoms. The van der Waals surface area contributed by atoms with Gasteiger partial charge < -0.3 is 11.1 Å². The number of nitrogens with one attached hydrogen (secondary N) is 1. The standard InChI is InChI=1S/C12H12N2O4S/c1-7(15)14-8-2-3-9-10(6-8)11(13)4-5-12(9)19(16,17)18/h2-6H,13H2,1H3,(H,14,15)(H,16,17,18). The topological polar surface area (TPSA) is 109 Å². The summed E-state index contributed by atoms with van der Waals surface area (Å²) in [6, 6.07) is 7.22. The molecule has 0 saturated heterocycles. The molecule has 0 radical (unpaired) electrons. The van der Waals surface area contributed by atoms with Crippen LogP contribution in [0.1, 0.15) is 6.92 Å². The third-order valence-corrected chi connectivity index (χ3v) is 3.52. The Kier molecular flexibility index (Phi) is 3.17. The minimum atomic E-state index is -4.32. The van der Waals surface area contributed by atoms with Gasteiger partial charge in [-0.2, -0.15) is 8.42 Å². The van der Waals surface area contributed by atoms with Gasteiger partial charge in [0.15, 0.2) is 0 Å². The maximum absolute atomic E-state index is 11.3. The number of hydrogen-bond donors (Lipinski definition) is 3. The van der Waals surface area contributed by atoms with E-state index in [1.54, 1.807) is 6.07 Å². The number of amides is 1. The summed E-state index contributed by atoms with van der Waals surface area (Å²) in [5.74, 6) is -0.246. The third kappa shape index (κ3) is 2.67. The summed E-state index contributed by atoms with van der Waals surface area (Å²) < 4.78 is 31.7. The summed E-state index contributed by atoms with van der Waals surface area (Å²) in [6.07, 6.45) is 0. The van der Waals surface area contributed by atoms with E-state index in [0.717, 1.165) is 0 Å². The number of nitrogen functional groups attached to an aromatic ring is 1. The fourth-order valence-electron chi connectivity index (χ4n) is 1.85. The Bertz CT molecular complexity index is 769. The average molecular weight is 280 g/mol. The monoisotopic (exact) mass is 280 g/mol. The molecule has 0 atom stereocenters. The van der Waals surface area contributed by atoms with E-state index in [2.05, 4.69) is 5.32 Å². The van der Waals surface area contributed by atoms with Gasteiger partial charge in [-0.1, -0.05) is 6.07 Å². The molecule has 6 nitrogen and oxygen atoms in total. The fourth-order valence-corrected chi connectivity index (χ4v) is 2.54. The number of fused-ring (bicyclic) bond motifs is 1. The van der Waals surface area contributed by atoms with Gasteiger partial charge in [-0.15, -0.1) is 0 Å². The number of carbonyl (C=O) groups excluding carboxylic acids is 1. The molecule has 0 saturated carbocycles. The quantitative estimate of drug-likeness (QED) is 0.572. The second-order valence-corrected chi connectivity index (χ2v) is 5.46. The van der Waals surface area contributed by atoms with Crippen LogP contribution >= 0.6 is 0 Å². The molecular weight excluding hydrogens is 268 g/mol. The number of benzene rings is 2. The predicted molar refractivity (Wildman–Crippen MR) is 72.5 cm³/mol. The second kappa shape index (κ2) is 4.52. The summed E-state index contributed by atoms with van der Waals surface area (Å²) in [5.41, 5.74) is 6.63. The molecule has 0 fully saturated rings. The molecule has 0 spiro atoms. The summed E-state index contributed by atoms with van der Waals surface area (Å²) in [5, 5.41) is 3.32. The maximum atomic E-state index is 11.3. The van der Waals surface area contributed by atoms with Crippen molar-refractivity contribution in [1.82, 2.24) is 0 Å². The lowest BCUT2D eigenvalue weighted by molar-refractivity contribution is -0.114. The molecule has 2 aromatic rings. The lowest BCUT2D eigenvalue weighted by atomic mass is 10.1. The highest BCUT2D eigenvalue weighted by molar-refractivity contribution is 7.86. The molecule has 2 aromatic carbocycles. The van der Waals surface area contributed by atoms with Crippen molar-refractivity contribution in [1.29, 1.82) is 0 Å². The molecule has 0 unspecified atom stereocenters. The molecule has 2 rings (SSSR count). The van der Waals surface area contributed by atoms with E-state index < -0.39 is 10.1 Å². The van der Waals surface area contributed by atoms with Gasteiger partial charge in [0.25, 0.3) is 10.1 Å². The highest BCUT2D eigenvalue weighted by Crippen LogP contribution is 2.30. The van der Waals surface area contributed by atoms with E-state index >= 15 is 0 Å². The van der Waals surface area contributed by atoms with Crippen molar-refractivity contribution in [2.24, 2.45) is 0 Å². The Balaban J connectivity index is 2.73. The van der Waals surface area contributed by atoms with E-state index in [9.17, 15) is 13.2 Å². The third-order valence-electron chi connectivity index (χ3n) is 2.61. The minimum absolute atomic E-state index is 0.217. The van der Waals surface area contributed by atoms with Crippen molar-refractivity contribution in [3.05, 3.63) is 30.3 Å². The second-order valence-electron chi connectivity index (χ2n) is 4.07. The maximum Gasteiger partial charge on any atom is 0.295 e. The first-order chi connectivity index (χ1) is 8.79. The Morgan fingerprint density at radius 3 is 2.47 bits per heavy atom. The van der Waals surface area contributed by atoms with Crippen LogP contribution in [0.25, 0.3) is 10.8 Å². The van der Waals surface area contributed by atoms with E-state index in [4.69, 9.17) is 10.3 Å². The summed E-state index contributed by atoms with van der Waals surface area (Å²) in [6.45, 7) is 1.36. The number of carbonyl (C=O) groups is 1. The van der Waals surface area contributed by atoms with Crippen LogP contribution in [0.4, 0.5) is 11.4 Å². The lowest BCUT2D eigenvalue weighted by Crippen LogP contribution is -2.06. The zero-order chi connectivity index (χ0) is 14.2. The van der Waals surface area contributed by atoms with Crippen molar-refractivity contribution < 1.29 is 17.8 Å². The molecule has 0 aliphatic heterocycles.